The molecule has 0 aliphatic heterocycles. The minimum absolute atomic E-state index is 0.129. The first-order valence-electron chi connectivity index (χ1n) is 18.6. The highest BCUT2D eigenvalue weighted by molar-refractivity contribution is 5.67. The zero-order valence-electron chi connectivity index (χ0n) is 27.5. The molecule has 4 aliphatic rings. The Morgan fingerprint density at radius 3 is 2.17 bits per heavy atom. The molecule has 4 unspecified atom stereocenters. The maximum Gasteiger partial charge on any atom is 0.407 e. The van der Waals surface area contributed by atoms with Crippen molar-refractivity contribution < 1.29 is 9.53 Å². The van der Waals surface area contributed by atoms with Crippen molar-refractivity contribution in [3.05, 3.63) is 12.2 Å². The molecule has 3 heteroatoms. The molecule has 1 N–H and O–H groups in total. The second kappa shape index (κ2) is 16.7. The standard InChI is InChI=1S/C38H67NO2/c1-4-5-6-7-8-9-10-11-12-13-14-15-16-17-18-19-29-39-36(40)41-32-24-28-38(3)31(30-32)22-23-33-34-21-20-26-37(34,2)27-25-35(33)38/h11-12,31-35H,4-10,13-30H2,1-3H3,(H,39,40)/b12-11-/t31?,32-,33?,34?,35?,37+,38+/m1/s1. The van der Waals surface area contributed by atoms with Gasteiger partial charge in [0.1, 0.15) is 6.10 Å². The normalized spacial score (nSPS) is 34.7. The molecule has 4 rings (SSSR count). The lowest BCUT2D eigenvalue weighted by molar-refractivity contribution is -0.121. The largest absolute Gasteiger partial charge is 0.446 e. The number of ether oxygens (including phenoxy) is 1. The summed E-state index contributed by atoms with van der Waals surface area (Å²) in [6.07, 6.45) is 36.7. The van der Waals surface area contributed by atoms with Crippen LogP contribution in [0.1, 0.15) is 175 Å². The molecule has 41 heavy (non-hydrogen) atoms. The Kier molecular flexibility index (Phi) is 13.4. The van der Waals surface area contributed by atoms with Gasteiger partial charge in [0, 0.05) is 6.54 Å². The monoisotopic (exact) mass is 570 g/mol. The van der Waals surface area contributed by atoms with Crippen LogP contribution in [0.3, 0.4) is 0 Å². The Morgan fingerprint density at radius 1 is 0.756 bits per heavy atom. The van der Waals surface area contributed by atoms with Crippen LogP contribution in [0.2, 0.25) is 0 Å². The van der Waals surface area contributed by atoms with Crippen molar-refractivity contribution >= 4 is 6.09 Å². The molecular weight excluding hydrogens is 502 g/mol. The quantitative estimate of drug-likeness (QED) is 0.140. The second-order valence-corrected chi connectivity index (χ2v) is 15.4. The summed E-state index contributed by atoms with van der Waals surface area (Å²) in [7, 11) is 0. The van der Waals surface area contributed by atoms with E-state index in [9.17, 15) is 4.79 Å². The van der Waals surface area contributed by atoms with Crippen LogP contribution < -0.4 is 5.32 Å². The maximum atomic E-state index is 12.6. The molecule has 7 atom stereocenters. The van der Waals surface area contributed by atoms with E-state index in [4.69, 9.17) is 4.74 Å². The van der Waals surface area contributed by atoms with E-state index < -0.39 is 0 Å². The first-order valence-corrected chi connectivity index (χ1v) is 18.6. The van der Waals surface area contributed by atoms with Gasteiger partial charge >= 0.3 is 6.09 Å². The number of amides is 1. The van der Waals surface area contributed by atoms with Gasteiger partial charge in [0.05, 0.1) is 0 Å². The molecule has 0 saturated heterocycles. The summed E-state index contributed by atoms with van der Waals surface area (Å²) in [5.74, 6) is 3.62. The summed E-state index contributed by atoms with van der Waals surface area (Å²) < 4.78 is 5.98. The first kappa shape index (κ1) is 32.9. The van der Waals surface area contributed by atoms with Crippen LogP contribution in [0.25, 0.3) is 0 Å². The van der Waals surface area contributed by atoms with Gasteiger partial charge in [0.2, 0.25) is 0 Å². The number of allylic oxidation sites excluding steroid dienone is 2. The molecular formula is C38H67NO2. The molecule has 0 aromatic rings. The molecule has 4 fully saturated rings. The molecule has 0 bridgehead atoms. The van der Waals surface area contributed by atoms with Crippen LogP contribution in [-0.2, 0) is 4.74 Å². The van der Waals surface area contributed by atoms with E-state index in [1.165, 1.54) is 135 Å². The van der Waals surface area contributed by atoms with Gasteiger partial charge in [-0.1, -0.05) is 97.1 Å². The van der Waals surface area contributed by atoms with E-state index >= 15 is 0 Å². The highest BCUT2D eigenvalue weighted by atomic mass is 16.6. The number of fused-ring (bicyclic) bond motifs is 5. The van der Waals surface area contributed by atoms with Crippen LogP contribution in [0.5, 0.6) is 0 Å². The molecule has 0 aromatic heterocycles. The van der Waals surface area contributed by atoms with Gasteiger partial charge in [-0.2, -0.15) is 0 Å². The predicted molar refractivity (Wildman–Crippen MR) is 174 cm³/mol. The summed E-state index contributed by atoms with van der Waals surface area (Å²) in [6.45, 7) is 8.27. The lowest BCUT2D eigenvalue weighted by Crippen LogP contribution is -2.53. The number of hydrogen-bond acceptors (Lipinski definition) is 2. The summed E-state index contributed by atoms with van der Waals surface area (Å²) in [5.41, 5.74) is 1.12. The molecule has 236 valence electrons. The van der Waals surface area contributed by atoms with E-state index in [2.05, 4.69) is 38.2 Å². The molecule has 3 nitrogen and oxygen atoms in total. The van der Waals surface area contributed by atoms with Crippen molar-refractivity contribution in [2.75, 3.05) is 6.54 Å². The van der Waals surface area contributed by atoms with Gasteiger partial charge in [-0.05, 0) is 124 Å². The van der Waals surface area contributed by atoms with Gasteiger partial charge in [-0.3, -0.25) is 0 Å². The SMILES string of the molecule is CCCCCCCC/C=C\CCCCCCCCNC(=O)O[C@@H]1CC[C@@]2(C)C(CCC3C4CCC[C@@]4(C)CCC32)C1. The summed E-state index contributed by atoms with van der Waals surface area (Å²) >= 11 is 0. The van der Waals surface area contributed by atoms with E-state index in [0.29, 0.717) is 10.8 Å². The fraction of sp³-hybridized carbons (Fsp3) is 0.921. The van der Waals surface area contributed by atoms with Crippen molar-refractivity contribution in [1.29, 1.82) is 0 Å². The molecule has 0 heterocycles. The van der Waals surface area contributed by atoms with Crippen molar-refractivity contribution in [3.63, 3.8) is 0 Å². The number of alkyl carbamates (subject to hydrolysis) is 1. The third-order valence-corrected chi connectivity index (χ3v) is 12.6. The Hall–Kier alpha value is -0.990. The number of hydrogen-bond donors (Lipinski definition) is 1. The van der Waals surface area contributed by atoms with E-state index in [-0.39, 0.29) is 12.2 Å². The Morgan fingerprint density at radius 2 is 1.44 bits per heavy atom. The van der Waals surface area contributed by atoms with Crippen molar-refractivity contribution in [1.82, 2.24) is 5.32 Å². The zero-order chi connectivity index (χ0) is 29.0. The third-order valence-electron chi connectivity index (χ3n) is 12.6. The Balaban J connectivity index is 0.995. The van der Waals surface area contributed by atoms with Gasteiger partial charge in [-0.15, -0.1) is 0 Å². The zero-order valence-corrected chi connectivity index (χ0v) is 27.5. The maximum absolute atomic E-state index is 12.6. The molecule has 0 aromatic carbocycles. The van der Waals surface area contributed by atoms with E-state index in [1.807, 2.05) is 0 Å². The first-order chi connectivity index (χ1) is 20.0. The fourth-order valence-corrected chi connectivity index (χ4v) is 10.1. The fourth-order valence-electron chi connectivity index (χ4n) is 10.1. The number of nitrogens with one attached hydrogen (secondary N) is 1. The molecule has 4 saturated carbocycles. The van der Waals surface area contributed by atoms with Crippen LogP contribution in [0.15, 0.2) is 12.2 Å². The van der Waals surface area contributed by atoms with Gasteiger partial charge < -0.3 is 10.1 Å². The Bertz CT molecular complexity index is 793. The lowest BCUT2D eigenvalue weighted by atomic mass is 9.45. The molecule has 0 radical (unpaired) electrons. The molecule has 4 aliphatic carbocycles. The average molecular weight is 570 g/mol. The van der Waals surface area contributed by atoms with Crippen molar-refractivity contribution in [2.24, 2.45) is 34.5 Å². The number of rotatable bonds is 17. The molecule has 0 spiro atoms. The topological polar surface area (TPSA) is 38.3 Å². The average Bonchev–Trinajstić information content (AvgIpc) is 3.37. The van der Waals surface area contributed by atoms with Crippen LogP contribution in [-0.4, -0.2) is 18.7 Å². The van der Waals surface area contributed by atoms with Crippen molar-refractivity contribution in [2.45, 2.75) is 181 Å². The number of carbonyl (C=O) groups excluding carboxylic acids is 1. The second-order valence-electron chi connectivity index (χ2n) is 15.4. The minimum atomic E-state index is -0.167. The van der Waals surface area contributed by atoms with E-state index in [0.717, 1.165) is 49.5 Å². The highest BCUT2D eigenvalue weighted by Crippen LogP contribution is 2.66. The summed E-state index contributed by atoms with van der Waals surface area (Å²) in [4.78, 5) is 12.6. The van der Waals surface area contributed by atoms with Gasteiger partial charge in [0.25, 0.3) is 0 Å². The predicted octanol–water partition coefficient (Wildman–Crippen LogP) is 11.6. The summed E-state index contributed by atoms with van der Waals surface area (Å²) in [6, 6.07) is 0. The van der Waals surface area contributed by atoms with Gasteiger partial charge in [-0.25, -0.2) is 4.79 Å². The molecule has 1 amide bonds. The van der Waals surface area contributed by atoms with Gasteiger partial charge in [0.15, 0.2) is 0 Å². The van der Waals surface area contributed by atoms with Crippen LogP contribution in [0, 0.1) is 34.5 Å². The highest BCUT2D eigenvalue weighted by Gasteiger charge is 2.58. The van der Waals surface area contributed by atoms with Crippen molar-refractivity contribution in [3.8, 4) is 0 Å². The van der Waals surface area contributed by atoms with Crippen LogP contribution >= 0.6 is 0 Å². The van der Waals surface area contributed by atoms with Crippen LogP contribution in [0.4, 0.5) is 4.79 Å². The Labute approximate surface area is 254 Å². The third kappa shape index (κ3) is 9.25. The smallest absolute Gasteiger partial charge is 0.407 e. The number of unbranched alkanes of at least 4 members (excludes halogenated alkanes) is 12. The lowest BCUT2D eigenvalue weighted by Gasteiger charge is -2.60. The van der Waals surface area contributed by atoms with E-state index in [1.54, 1.807) is 0 Å². The summed E-state index contributed by atoms with van der Waals surface area (Å²) in [5, 5.41) is 3.07. The number of carbonyl (C=O) groups is 1. The minimum Gasteiger partial charge on any atom is -0.446 e.